The second-order valence-corrected chi connectivity index (χ2v) is 12.5. The molecule has 0 aliphatic heterocycles. The van der Waals surface area contributed by atoms with E-state index in [4.69, 9.17) is 14.9 Å². The molecule has 0 aromatic heterocycles. The maximum atomic E-state index is 6.86. The van der Waals surface area contributed by atoms with Gasteiger partial charge < -0.3 is 0 Å². The molecule has 164 valence electrons. The van der Waals surface area contributed by atoms with Gasteiger partial charge in [0.25, 0.3) is 0 Å². The third-order valence-corrected chi connectivity index (χ3v) is 11.1. The minimum Gasteiger partial charge on any atom is -0.147 e. The molecule has 0 N–H and O–H groups in total. The molecule has 1 nitrogen and oxygen atoms in total. The molecule has 0 radical (unpaired) electrons. The average molecular weight is 496 g/mol. The van der Waals surface area contributed by atoms with Gasteiger partial charge in [-0.05, 0) is 0 Å². The molecule has 0 fully saturated rings. The van der Waals surface area contributed by atoms with Crippen LogP contribution in [0.1, 0.15) is 80.7 Å². The van der Waals surface area contributed by atoms with Gasteiger partial charge in [0.1, 0.15) is 0 Å². The second-order valence-electron chi connectivity index (χ2n) is 8.74. The van der Waals surface area contributed by atoms with Gasteiger partial charge in [0.15, 0.2) is 0 Å². The van der Waals surface area contributed by atoms with Crippen molar-refractivity contribution in [3.63, 3.8) is 0 Å². The Morgan fingerprint density at radius 1 is 1.00 bits per heavy atom. The van der Waals surface area contributed by atoms with Crippen molar-refractivity contribution in [3.8, 4) is 5.75 Å². The van der Waals surface area contributed by atoms with E-state index in [1.807, 2.05) is 6.07 Å². The van der Waals surface area contributed by atoms with E-state index in [0.717, 1.165) is 23.6 Å². The summed E-state index contributed by atoms with van der Waals surface area (Å²) in [7, 11) is 0. The van der Waals surface area contributed by atoms with Crippen LogP contribution >= 0.6 is 36.4 Å². The van der Waals surface area contributed by atoms with Gasteiger partial charge in [-0.15, -0.1) is 24.8 Å². The number of allylic oxidation sites excluding steroid dienone is 4. The number of rotatable bonds is 5. The number of benzene rings is 1. The third kappa shape index (κ3) is 6.47. The Bertz CT molecular complexity index is 823. The van der Waals surface area contributed by atoms with Gasteiger partial charge in [-0.2, -0.15) is 0 Å². The van der Waals surface area contributed by atoms with E-state index in [1.165, 1.54) is 22.3 Å². The predicted molar refractivity (Wildman–Crippen MR) is 131 cm³/mol. The van der Waals surface area contributed by atoms with Gasteiger partial charge in [-0.1, -0.05) is 0 Å². The molecule has 0 saturated heterocycles. The summed E-state index contributed by atoms with van der Waals surface area (Å²) in [5, 5.41) is 0.764. The van der Waals surface area contributed by atoms with Crippen molar-refractivity contribution >= 4 is 40.2 Å². The summed E-state index contributed by atoms with van der Waals surface area (Å²) < 4.78 is 10.0. The molecule has 0 bridgehead atoms. The third-order valence-electron chi connectivity index (χ3n) is 6.02. The monoisotopic (exact) mass is 494 g/mol. The Labute approximate surface area is 202 Å². The summed E-state index contributed by atoms with van der Waals surface area (Å²) >= 11 is 4.40. The van der Waals surface area contributed by atoms with Crippen LogP contribution in [0.2, 0.25) is 5.02 Å². The quantitative estimate of drug-likeness (QED) is 0.371. The average Bonchev–Trinajstić information content (AvgIpc) is 2.77. The summed E-state index contributed by atoms with van der Waals surface area (Å²) in [6.07, 6.45) is 2.19. The smallest absolute Gasteiger partial charge is 0.147 e. The van der Waals surface area contributed by atoms with Gasteiger partial charge >= 0.3 is 178 Å². The summed E-state index contributed by atoms with van der Waals surface area (Å²) in [5.41, 5.74) is 5.71. The molecular formula is C24H37Cl3OTi. The van der Waals surface area contributed by atoms with E-state index >= 15 is 0 Å². The van der Waals surface area contributed by atoms with Crippen LogP contribution in [-0.2, 0) is 23.2 Å². The van der Waals surface area contributed by atoms with Crippen LogP contribution in [0, 0.1) is 5.92 Å². The Balaban J connectivity index is 0.00000392. The van der Waals surface area contributed by atoms with E-state index in [2.05, 4.69) is 74.4 Å². The minimum absolute atomic E-state index is 0. The van der Waals surface area contributed by atoms with Gasteiger partial charge in [-0.25, -0.2) is 0 Å². The van der Waals surface area contributed by atoms with E-state index in [0.29, 0.717) is 5.92 Å². The summed E-state index contributed by atoms with van der Waals surface area (Å²) in [6, 6.07) is 6.26. The molecule has 29 heavy (non-hydrogen) atoms. The zero-order chi connectivity index (χ0) is 20.5. The standard InChI is InChI=1S/C10H13ClO.C9H13.C5H10.2ClH.Ti/c1-10(2,3)7-4-8(11)6-9(12)5-7;1-6-5-7(2)9(4)8(6)3;1-3-5-4-2;;;/h4-6,12H,1-3H3;6H,1-4H3;3-4H2,1-2H3;2*1H;/q;;;;;+1/p-1. The van der Waals surface area contributed by atoms with Gasteiger partial charge in [0, 0.05) is 0 Å². The zero-order valence-corrected chi connectivity index (χ0v) is 23.3. The number of hydrogen-bond acceptors (Lipinski definition) is 1. The Hall–Kier alpha value is -0.0457. The van der Waals surface area contributed by atoms with Gasteiger partial charge in [0.05, 0.1) is 0 Å². The first-order chi connectivity index (χ1) is 12.5. The largest absolute Gasteiger partial charge is 0.147 e. The van der Waals surface area contributed by atoms with Crippen molar-refractivity contribution in [1.29, 1.82) is 0 Å². The molecule has 0 saturated carbocycles. The minimum atomic E-state index is -2.07. The molecule has 1 unspecified atom stereocenters. The van der Waals surface area contributed by atoms with E-state index in [-0.39, 0.29) is 30.2 Å². The molecule has 0 heterocycles. The van der Waals surface area contributed by atoms with Crippen LogP contribution in [0.15, 0.2) is 38.8 Å². The predicted octanol–water partition coefficient (Wildman–Crippen LogP) is 8.65. The first kappa shape index (κ1) is 29.0. The molecule has 0 spiro atoms. The zero-order valence-electron chi connectivity index (χ0n) is 19.3. The fraction of sp³-hybridized carbons (Fsp3) is 0.542. The van der Waals surface area contributed by atoms with Crippen LogP contribution in [0.4, 0.5) is 0 Å². The molecule has 0 amide bonds. The van der Waals surface area contributed by atoms with Crippen LogP contribution < -0.4 is 3.32 Å². The molecular weight excluding hydrogens is 458 g/mol. The van der Waals surface area contributed by atoms with E-state index in [1.54, 1.807) is 7.69 Å². The van der Waals surface area contributed by atoms with Crippen LogP contribution in [0.5, 0.6) is 5.75 Å². The van der Waals surface area contributed by atoms with Gasteiger partial charge in [0.2, 0.25) is 0 Å². The van der Waals surface area contributed by atoms with Crippen molar-refractivity contribution in [2.24, 2.45) is 5.92 Å². The van der Waals surface area contributed by atoms with Crippen molar-refractivity contribution in [3.05, 3.63) is 49.4 Å². The topological polar surface area (TPSA) is 9.23 Å². The van der Waals surface area contributed by atoms with Crippen LogP contribution in [-0.4, -0.2) is 3.81 Å². The first-order valence-electron chi connectivity index (χ1n) is 10.1. The summed E-state index contributed by atoms with van der Waals surface area (Å²) in [4.78, 5) is 0. The summed E-state index contributed by atoms with van der Waals surface area (Å²) in [5.74, 6) is 1.44. The SMILES string of the molecule is CC[C](CC)=[Ti]([O]c1cc(Cl)cc(C(C)(C)C)c1)[C]1=C(C)C(C)=C(C)C1C.Cl.Cl. The van der Waals surface area contributed by atoms with Crippen molar-refractivity contribution in [2.75, 3.05) is 0 Å². The van der Waals surface area contributed by atoms with Crippen molar-refractivity contribution in [2.45, 2.75) is 80.6 Å². The molecule has 1 aliphatic rings. The molecule has 1 aromatic carbocycles. The number of hydrogen-bond donors (Lipinski definition) is 0. The van der Waals surface area contributed by atoms with Crippen LogP contribution in [0.3, 0.4) is 0 Å². The normalized spacial score (nSPS) is 16.4. The second kappa shape index (κ2) is 11.5. The fourth-order valence-corrected chi connectivity index (χ4v) is 8.34. The Kier molecular flexibility index (Phi) is 11.5. The molecule has 1 atom stereocenters. The Morgan fingerprint density at radius 3 is 1.97 bits per heavy atom. The molecule has 5 heteroatoms. The van der Waals surface area contributed by atoms with Crippen molar-refractivity contribution < 1.29 is 21.1 Å². The van der Waals surface area contributed by atoms with Gasteiger partial charge in [-0.3, -0.25) is 0 Å². The molecule has 2 rings (SSSR count). The van der Waals surface area contributed by atoms with Crippen molar-refractivity contribution in [1.82, 2.24) is 0 Å². The maximum absolute atomic E-state index is 6.86. The van der Waals surface area contributed by atoms with Crippen LogP contribution in [0.25, 0.3) is 0 Å². The molecule has 1 aromatic rings. The van der Waals surface area contributed by atoms with E-state index in [9.17, 15) is 0 Å². The summed E-state index contributed by atoms with van der Waals surface area (Å²) in [6.45, 7) is 20.4. The van der Waals surface area contributed by atoms with E-state index < -0.39 is 17.8 Å². The Morgan fingerprint density at radius 2 is 1.55 bits per heavy atom. The maximum Gasteiger partial charge on any atom is -0.147 e. The first-order valence-corrected chi connectivity index (χ1v) is 12.7. The molecule has 1 aliphatic carbocycles. The number of halogens is 3. The fourth-order valence-electron chi connectivity index (χ4n) is 3.79.